The average molecular weight is 175 g/mol. The summed E-state index contributed by atoms with van der Waals surface area (Å²) in [6.45, 7) is 0. The van der Waals surface area contributed by atoms with Crippen LogP contribution in [-0.4, -0.2) is 30.1 Å². The molecule has 8 nitrogen and oxygen atoms in total. The van der Waals surface area contributed by atoms with Crippen LogP contribution in [0.5, 0.6) is 11.6 Å². The summed E-state index contributed by atoms with van der Waals surface area (Å²) in [6.07, 6.45) is 0. The molecule has 0 aliphatic heterocycles. The molecule has 0 aliphatic carbocycles. The minimum atomic E-state index is -1.39. The molecule has 1 aromatic rings. The molecule has 0 unspecified atom stereocenters. The second-order valence-corrected chi connectivity index (χ2v) is 1.92. The van der Waals surface area contributed by atoms with Gasteiger partial charge >= 0.3 is 5.56 Å². The normalized spacial score (nSPS) is 10.0. The van der Waals surface area contributed by atoms with Crippen molar-refractivity contribution in [1.29, 1.82) is 5.41 Å². The van der Waals surface area contributed by atoms with Crippen LogP contribution in [0.15, 0.2) is 4.79 Å². The van der Waals surface area contributed by atoms with Gasteiger partial charge in [-0.25, -0.2) is 0 Å². The molecule has 0 saturated heterocycles. The molecule has 12 heavy (non-hydrogen) atoms. The van der Waals surface area contributed by atoms with E-state index in [1.54, 1.807) is 0 Å². The van der Waals surface area contributed by atoms with E-state index >= 15 is 0 Å². The van der Waals surface area contributed by atoms with E-state index in [1.807, 2.05) is 0 Å². The van der Waals surface area contributed by atoms with Gasteiger partial charge in [-0.2, -0.15) is 0 Å². The fourth-order valence-corrected chi connectivity index (χ4v) is 0.582. The second kappa shape index (κ2) is 2.19. The molecule has 8 heteroatoms. The predicted octanol–water partition coefficient (Wildman–Crippen LogP) is -1.98. The van der Waals surface area contributed by atoms with E-state index in [2.05, 4.69) is 0 Å². The Morgan fingerprint density at radius 3 is 2.17 bits per heavy atom. The predicted molar refractivity (Wildman–Crippen MR) is 32.2 cm³/mol. The number of hydrogen-bond donors (Lipinski definition) is 5. The monoisotopic (exact) mass is 175 g/mol. The Balaban J connectivity index is 3.86. The third-order valence-electron chi connectivity index (χ3n) is 1.21. The number of nitrogens with one attached hydrogen (secondary N) is 1. The summed E-state index contributed by atoms with van der Waals surface area (Å²) < 4.78 is -0.578. The highest BCUT2D eigenvalue weighted by atomic mass is 16.5. The lowest BCUT2D eigenvalue weighted by Crippen LogP contribution is -2.37. The number of aromatic nitrogens is 2. The lowest BCUT2D eigenvalue weighted by Gasteiger charge is -2.03. The van der Waals surface area contributed by atoms with Crippen LogP contribution in [-0.2, 0) is 0 Å². The Morgan fingerprint density at radius 2 is 1.67 bits per heavy atom. The van der Waals surface area contributed by atoms with Gasteiger partial charge in [0.05, 0.1) is 0 Å². The molecule has 0 radical (unpaired) electrons. The molecule has 1 rings (SSSR count). The van der Waals surface area contributed by atoms with Crippen molar-refractivity contribution < 1.29 is 20.6 Å². The van der Waals surface area contributed by atoms with Gasteiger partial charge in [0.25, 0.3) is 11.5 Å². The van der Waals surface area contributed by atoms with Crippen LogP contribution in [0.2, 0.25) is 0 Å². The summed E-state index contributed by atoms with van der Waals surface area (Å²) in [5, 5.41) is 41.5. The molecule has 0 aromatic carbocycles. The van der Waals surface area contributed by atoms with Crippen molar-refractivity contribution in [2.75, 3.05) is 0 Å². The maximum Gasteiger partial charge on any atom is 0.334 e. The first-order valence-electron chi connectivity index (χ1n) is 2.70. The van der Waals surface area contributed by atoms with Crippen LogP contribution in [0.1, 0.15) is 0 Å². The molecule has 0 amide bonds. The molecular weight excluding hydrogens is 170 g/mol. The molecule has 1 aromatic heterocycles. The highest BCUT2D eigenvalue weighted by Gasteiger charge is 2.14. The third kappa shape index (κ3) is 0.779. The van der Waals surface area contributed by atoms with E-state index in [0.717, 1.165) is 0 Å². The van der Waals surface area contributed by atoms with Crippen molar-refractivity contribution in [1.82, 2.24) is 9.46 Å². The first-order chi connectivity index (χ1) is 5.46. The Kier molecular flexibility index (Phi) is 1.45. The van der Waals surface area contributed by atoms with Gasteiger partial charge in [-0.15, -0.1) is 9.46 Å². The quantitative estimate of drug-likeness (QED) is 0.291. The van der Waals surface area contributed by atoms with Crippen LogP contribution in [0.25, 0.3) is 0 Å². The van der Waals surface area contributed by atoms with E-state index in [4.69, 9.17) is 26.0 Å². The SMILES string of the molecule is N=c1n(O)c(O)c(O)c(=O)n1O. The van der Waals surface area contributed by atoms with E-state index < -0.39 is 22.8 Å². The minimum absolute atomic E-state index is 0.253. The molecule has 0 atom stereocenters. The van der Waals surface area contributed by atoms with Crippen molar-refractivity contribution in [2.24, 2.45) is 0 Å². The van der Waals surface area contributed by atoms with E-state index in [0.29, 0.717) is 0 Å². The van der Waals surface area contributed by atoms with Gasteiger partial charge in [-0.3, -0.25) is 10.2 Å². The van der Waals surface area contributed by atoms with Crippen molar-refractivity contribution >= 4 is 0 Å². The highest BCUT2D eigenvalue weighted by molar-refractivity contribution is 5.26. The van der Waals surface area contributed by atoms with E-state index in [1.165, 1.54) is 0 Å². The lowest BCUT2D eigenvalue weighted by molar-refractivity contribution is 0.0731. The van der Waals surface area contributed by atoms with Crippen molar-refractivity contribution in [3.63, 3.8) is 0 Å². The maximum atomic E-state index is 10.6. The summed E-state index contributed by atoms with van der Waals surface area (Å²) in [7, 11) is 0. The minimum Gasteiger partial charge on any atom is -0.499 e. The van der Waals surface area contributed by atoms with Gasteiger partial charge in [-0.05, 0) is 0 Å². The van der Waals surface area contributed by atoms with Crippen LogP contribution in [0, 0.1) is 5.41 Å². The standard InChI is InChI=1S/C4H5N3O5/c5-4-6(11)2(9)1(8)3(10)7(4)12/h5,8-9,11-12H. The van der Waals surface area contributed by atoms with Crippen LogP contribution < -0.4 is 11.2 Å². The fourth-order valence-electron chi connectivity index (χ4n) is 0.582. The number of nitrogens with zero attached hydrogens (tertiary/aromatic N) is 2. The van der Waals surface area contributed by atoms with Crippen molar-refractivity contribution in [3.8, 4) is 11.6 Å². The Morgan fingerprint density at radius 1 is 1.17 bits per heavy atom. The summed E-state index contributed by atoms with van der Waals surface area (Å²) in [6, 6.07) is 0. The summed E-state index contributed by atoms with van der Waals surface area (Å²) in [4.78, 5) is 10.6. The fraction of sp³-hybridized carbons (Fsp3) is 0. The van der Waals surface area contributed by atoms with Crippen molar-refractivity contribution in [3.05, 3.63) is 16.0 Å². The first kappa shape index (κ1) is 7.98. The topological polar surface area (TPSA) is 132 Å². The van der Waals surface area contributed by atoms with Crippen molar-refractivity contribution in [2.45, 2.75) is 0 Å². The summed E-state index contributed by atoms with van der Waals surface area (Å²) in [5.41, 5.74) is -2.46. The summed E-state index contributed by atoms with van der Waals surface area (Å²) in [5.74, 6) is -2.44. The molecule has 0 spiro atoms. The van der Waals surface area contributed by atoms with Gasteiger partial charge in [0, 0.05) is 0 Å². The maximum absolute atomic E-state index is 10.6. The number of rotatable bonds is 0. The van der Waals surface area contributed by atoms with Gasteiger partial charge in [-0.1, -0.05) is 0 Å². The molecule has 0 bridgehead atoms. The Hall–Kier alpha value is -2.12. The zero-order chi connectivity index (χ0) is 9.46. The van der Waals surface area contributed by atoms with Crippen LogP contribution >= 0.6 is 0 Å². The number of aromatic hydroxyl groups is 2. The van der Waals surface area contributed by atoms with Gasteiger partial charge in [0.1, 0.15) is 0 Å². The van der Waals surface area contributed by atoms with Crippen LogP contribution in [0.3, 0.4) is 0 Å². The summed E-state index contributed by atoms with van der Waals surface area (Å²) >= 11 is 0. The second-order valence-electron chi connectivity index (χ2n) is 1.92. The van der Waals surface area contributed by atoms with Gasteiger partial charge in [0.15, 0.2) is 0 Å². The van der Waals surface area contributed by atoms with Gasteiger partial charge in [0.2, 0.25) is 5.75 Å². The average Bonchev–Trinajstić information content (AvgIpc) is 2.08. The zero-order valence-electron chi connectivity index (χ0n) is 5.59. The first-order valence-corrected chi connectivity index (χ1v) is 2.70. The van der Waals surface area contributed by atoms with Gasteiger partial charge < -0.3 is 20.6 Å². The molecule has 66 valence electrons. The van der Waals surface area contributed by atoms with E-state index in [-0.39, 0.29) is 9.46 Å². The molecule has 0 aliphatic rings. The molecular formula is C4H5N3O5. The molecule has 0 saturated carbocycles. The molecule has 1 heterocycles. The van der Waals surface area contributed by atoms with E-state index in [9.17, 15) is 4.79 Å². The molecule has 0 fully saturated rings. The smallest absolute Gasteiger partial charge is 0.334 e. The third-order valence-corrected chi connectivity index (χ3v) is 1.21. The largest absolute Gasteiger partial charge is 0.499 e. The Bertz CT molecular complexity index is 392. The molecule has 5 N–H and O–H groups in total. The highest BCUT2D eigenvalue weighted by Crippen LogP contribution is 2.13. The Labute approximate surface area is 64.2 Å². The number of hydrogen-bond acceptors (Lipinski definition) is 6. The van der Waals surface area contributed by atoms with Crippen LogP contribution in [0.4, 0.5) is 0 Å². The zero-order valence-corrected chi connectivity index (χ0v) is 5.59. The lowest BCUT2D eigenvalue weighted by atomic mass is 10.5.